The first-order chi connectivity index (χ1) is 11.7. The van der Waals surface area contributed by atoms with E-state index in [2.05, 4.69) is 9.46 Å². The summed E-state index contributed by atoms with van der Waals surface area (Å²) in [5.74, 6) is -0.547. The number of carbonyl (C=O) groups excluding carboxylic acids is 1. The first kappa shape index (κ1) is 19.3. The minimum Gasteiger partial charge on any atom is -0.465 e. The van der Waals surface area contributed by atoms with Gasteiger partial charge in [-0.25, -0.2) is 13.2 Å². The summed E-state index contributed by atoms with van der Waals surface area (Å²) in [6.07, 6.45) is 0. The van der Waals surface area contributed by atoms with E-state index in [4.69, 9.17) is 11.6 Å². The van der Waals surface area contributed by atoms with Crippen molar-refractivity contribution in [3.63, 3.8) is 0 Å². The fourth-order valence-electron chi connectivity index (χ4n) is 2.44. The molecule has 0 aliphatic rings. The number of hydrogen-bond donors (Lipinski definition) is 1. The second-order valence-electron chi connectivity index (χ2n) is 5.93. The summed E-state index contributed by atoms with van der Waals surface area (Å²) in [4.78, 5) is 11.7. The molecule has 2 aromatic carbocycles. The van der Waals surface area contributed by atoms with Crippen LogP contribution in [-0.2, 0) is 14.8 Å². The van der Waals surface area contributed by atoms with Gasteiger partial charge >= 0.3 is 5.97 Å². The minimum absolute atomic E-state index is 0.000841. The third kappa shape index (κ3) is 4.14. The summed E-state index contributed by atoms with van der Waals surface area (Å²) in [7, 11) is -2.68. The molecular formula is C18H20ClNO4S. The van der Waals surface area contributed by atoms with Crippen molar-refractivity contribution >= 4 is 33.3 Å². The SMILES string of the molecule is COC(=O)c1cc(S(=O)(=O)Nc2c(C)cccc2C(C)C)ccc1Cl. The molecule has 0 spiro atoms. The first-order valence-electron chi connectivity index (χ1n) is 7.67. The van der Waals surface area contributed by atoms with Crippen molar-refractivity contribution in [1.82, 2.24) is 0 Å². The van der Waals surface area contributed by atoms with Crippen LogP contribution in [0.25, 0.3) is 0 Å². The number of para-hydroxylation sites is 1. The molecule has 0 fully saturated rings. The number of nitrogens with one attached hydrogen (secondary N) is 1. The Morgan fingerprint density at radius 3 is 2.48 bits per heavy atom. The van der Waals surface area contributed by atoms with Crippen molar-refractivity contribution in [3.8, 4) is 0 Å². The molecule has 0 aromatic heterocycles. The number of methoxy groups -OCH3 is 1. The van der Waals surface area contributed by atoms with Gasteiger partial charge in [0.15, 0.2) is 0 Å². The maximum atomic E-state index is 12.8. The van der Waals surface area contributed by atoms with Gasteiger partial charge in [-0.3, -0.25) is 4.72 Å². The smallest absolute Gasteiger partial charge is 0.339 e. The predicted molar refractivity (Wildman–Crippen MR) is 98.9 cm³/mol. The van der Waals surface area contributed by atoms with Gasteiger partial charge in [0.1, 0.15) is 0 Å². The van der Waals surface area contributed by atoms with Crippen LogP contribution in [0.5, 0.6) is 0 Å². The highest BCUT2D eigenvalue weighted by atomic mass is 35.5. The summed E-state index contributed by atoms with van der Waals surface area (Å²) in [6.45, 7) is 5.82. The Bertz CT molecular complexity index is 907. The summed E-state index contributed by atoms with van der Waals surface area (Å²) < 4.78 is 32.9. The molecule has 0 saturated heterocycles. The molecule has 0 aliphatic carbocycles. The number of sulfonamides is 1. The topological polar surface area (TPSA) is 72.5 Å². The third-order valence-electron chi connectivity index (χ3n) is 3.82. The number of ether oxygens (including phenoxy) is 1. The Labute approximate surface area is 153 Å². The minimum atomic E-state index is -3.89. The zero-order valence-corrected chi connectivity index (χ0v) is 16.0. The largest absolute Gasteiger partial charge is 0.465 e. The molecule has 7 heteroatoms. The van der Waals surface area contributed by atoms with Crippen molar-refractivity contribution in [2.24, 2.45) is 0 Å². The maximum absolute atomic E-state index is 12.8. The number of halogens is 1. The molecule has 0 heterocycles. The van der Waals surface area contributed by atoms with E-state index in [1.807, 2.05) is 39.0 Å². The third-order valence-corrected chi connectivity index (χ3v) is 5.49. The molecule has 0 saturated carbocycles. The summed E-state index contributed by atoms with van der Waals surface area (Å²) >= 11 is 5.96. The summed E-state index contributed by atoms with van der Waals surface area (Å²) in [5.41, 5.74) is 2.26. The fourth-order valence-corrected chi connectivity index (χ4v) is 3.82. The molecular weight excluding hydrogens is 362 g/mol. The number of carbonyl (C=O) groups is 1. The normalized spacial score (nSPS) is 11.4. The number of esters is 1. The van der Waals surface area contributed by atoms with Gasteiger partial charge in [0, 0.05) is 0 Å². The first-order valence-corrected chi connectivity index (χ1v) is 9.53. The van der Waals surface area contributed by atoms with Crippen LogP contribution >= 0.6 is 11.6 Å². The number of hydrogen-bond acceptors (Lipinski definition) is 4. The Morgan fingerprint density at radius 1 is 1.20 bits per heavy atom. The van der Waals surface area contributed by atoms with Crippen LogP contribution in [0.4, 0.5) is 5.69 Å². The predicted octanol–water partition coefficient (Wildman–Crippen LogP) is 4.36. The summed E-state index contributed by atoms with van der Waals surface area (Å²) in [6, 6.07) is 9.54. The molecule has 0 aliphatic heterocycles. The molecule has 2 aromatic rings. The lowest BCUT2D eigenvalue weighted by molar-refractivity contribution is 0.0600. The molecule has 134 valence electrons. The monoisotopic (exact) mass is 381 g/mol. The van der Waals surface area contributed by atoms with Crippen LogP contribution in [0.2, 0.25) is 5.02 Å². The molecule has 0 unspecified atom stereocenters. The van der Waals surface area contributed by atoms with Gasteiger partial charge in [0.2, 0.25) is 0 Å². The lowest BCUT2D eigenvalue weighted by atomic mass is 9.99. The molecule has 0 atom stereocenters. The number of aryl methyl sites for hydroxylation is 1. The van der Waals surface area contributed by atoms with Crippen molar-refractivity contribution in [2.45, 2.75) is 31.6 Å². The van der Waals surface area contributed by atoms with Gasteiger partial charge in [0.05, 0.1) is 28.3 Å². The highest BCUT2D eigenvalue weighted by molar-refractivity contribution is 7.92. The van der Waals surface area contributed by atoms with Gasteiger partial charge in [0.25, 0.3) is 10.0 Å². The Morgan fingerprint density at radius 2 is 1.88 bits per heavy atom. The Balaban J connectivity index is 2.50. The molecule has 25 heavy (non-hydrogen) atoms. The van der Waals surface area contributed by atoms with Crippen LogP contribution in [0, 0.1) is 6.92 Å². The van der Waals surface area contributed by atoms with Gasteiger partial charge < -0.3 is 4.74 Å². The number of anilines is 1. The van der Waals surface area contributed by atoms with Crippen LogP contribution in [0.1, 0.15) is 41.3 Å². The fraction of sp³-hybridized carbons (Fsp3) is 0.278. The van der Waals surface area contributed by atoms with Crippen molar-refractivity contribution < 1.29 is 17.9 Å². The number of rotatable bonds is 5. The number of benzene rings is 2. The zero-order valence-electron chi connectivity index (χ0n) is 14.5. The van der Waals surface area contributed by atoms with Crippen molar-refractivity contribution in [1.29, 1.82) is 0 Å². The van der Waals surface area contributed by atoms with E-state index < -0.39 is 16.0 Å². The van der Waals surface area contributed by atoms with Crippen molar-refractivity contribution in [3.05, 3.63) is 58.1 Å². The second kappa shape index (κ2) is 7.45. The summed E-state index contributed by atoms with van der Waals surface area (Å²) in [5, 5.41) is 0.129. The van der Waals surface area contributed by atoms with Crippen LogP contribution in [-0.4, -0.2) is 21.5 Å². The van der Waals surface area contributed by atoms with E-state index in [1.165, 1.54) is 25.3 Å². The molecule has 0 radical (unpaired) electrons. The zero-order chi connectivity index (χ0) is 18.8. The van der Waals surface area contributed by atoms with E-state index in [-0.39, 0.29) is 21.4 Å². The molecule has 5 nitrogen and oxygen atoms in total. The second-order valence-corrected chi connectivity index (χ2v) is 8.02. The van der Waals surface area contributed by atoms with Crippen LogP contribution in [0.3, 0.4) is 0 Å². The van der Waals surface area contributed by atoms with E-state index in [9.17, 15) is 13.2 Å². The molecule has 2 rings (SSSR count). The van der Waals surface area contributed by atoms with Gasteiger partial charge in [-0.1, -0.05) is 43.6 Å². The molecule has 0 bridgehead atoms. The van der Waals surface area contributed by atoms with Crippen LogP contribution < -0.4 is 4.72 Å². The van der Waals surface area contributed by atoms with Gasteiger partial charge in [-0.05, 0) is 42.2 Å². The molecule has 1 N–H and O–H groups in total. The average Bonchev–Trinajstić information content (AvgIpc) is 2.55. The Kier molecular flexibility index (Phi) is 5.75. The maximum Gasteiger partial charge on any atom is 0.339 e. The molecule has 0 amide bonds. The average molecular weight is 382 g/mol. The van der Waals surface area contributed by atoms with Gasteiger partial charge in [-0.2, -0.15) is 0 Å². The van der Waals surface area contributed by atoms with Crippen molar-refractivity contribution in [2.75, 3.05) is 11.8 Å². The van der Waals surface area contributed by atoms with Crippen LogP contribution in [0.15, 0.2) is 41.3 Å². The lowest BCUT2D eigenvalue weighted by Crippen LogP contribution is -2.16. The highest BCUT2D eigenvalue weighted by Crippen LogP contribution is 2.30. The van der Waals surface area contributed by atoms with Gasteiger partial charge in [-0.15, -0.1) is 0 Å². The quantitative estimate of drug-likeness (QED) is 0.781. The lowest BCUT2D eigenvalue weighted by Gasteiger charge is -2.17. The standard InChI is InChI=1S/C18H20ClNO4S/c1-11(2)14-7-5-6-12(3)17(14)20-25(22,23)13-8-9-16(19)15(10-13)18(21)24-4/h5-11,20H,1-4H3. The van der Waals surface area contributed by atoms with E-state index in [1.54, 1.807) is 0 Å². The van der Waals surface area contributed by atoms with E-state index in [0.717, 1.165) is 11.1 Å². The highest BCUT2D eigenvalue weighted by Gasteiger charge is 2.21. The van der Waals surface area contributed by atoms with E-state index >= 15 is 0 Å². The Hall–Kier alpha value is -2.05. The van der Waals surface area contributed by atoms with E-state index in [0.29, 0.717) is 5.69 Å².